The van der Waals surface area contributed by atoms with Gasteiger partial charge in [-0.05, 0) is 57.8 Å². The molecule has 0 rings (SSSR count). The van der Waals surface area contributed by atoms with Crippen LogP contribution < -0.4 is 5.32 Å². The Morgan fingerprint density at radius 2 is 0.769 bits per heavy atom. The molecule has 0 aliphatic heterocycles. The molecule has 0 aromatic carbocycles. The molecule has 0 bridgehead atoms. The first-order valence-corrected chi connectivity index (χ1v) is 29.1. The van der Waals surface area contributed by atoms with Crippen molar-refractivity contribution in [2.45, 2.75) is 328 Å². The van der Waals surface area contributed by atoms with Gasteiger partial charge >= 0.3 is 5.97 Å². The van der Waals surface area contributed by atoms with Gasteiger partial charge in [-0.3, -0.25) is 9.59 Å². The summed E-state index contributed by atoms with van der Waals surface area (Å²) < 4.78 is 5.47. The van der Waals surface area contributed by atoms with E-state index in [0.29, 0.717) is 25.9 Å². The Kier molecular flexibility index (Phi) is 53.5. The number of ether oxygens (including phenoxy) is 1. The molecule has 0 radical (unpaired) electrons. The maximum absolute atomic E-state index is 12.5. The number of amides is 1. The van der Waals surface area contributed by atoms with Gasteiger partial charge in [0.15, 0.2) is 0 Å². The van der Waals surface area contributed by atoms with Crippen molar-refractivity contribution in [3.05, 3.63) is 24.3 Å². The highest BCUT2D eigenvalue weighted by atomic mass is 16.5. The molecule has 0 aromatic rings. The van der Waals surface area contributed by atoms with Crippen LogP contribution in [0.25, 0.3) is 0 Å². The number of hydrogen-bond acceptors (Lipinski definition) is 5. The number of nitrogens with one attached hydrogen (secondary N) is 1. The summed E-state index contributed by atoms with van der Waals surface area (Å²) in [6.07, 6.45) is 65.9. The van der Waals surface area contributed by atoms with E-state index in [2.05, 4.69) is 43.5 Å². The van der Waals surface area contributed by atoms with Crippen molar-refractivity contribution in [3.63, 3.8) is 0 Å². The van der Waals surface area contributed by atoms with Crippen LogP contribution in [0.15, 0.2) is 24.3 Å². The number of hydrogen-bond donors (Lipinski definition) is 3. The molecule has 65 heavy (non-hydrogen) atoms. The minimum atomic E-state index is -0.669. The lowest BCUT2D eigenvalue weighted by molar-refractivity contribution is -0.143. The van der Waals surface area contributed by atoms with Crippen LogP contribution in [0.3, 0.4) is 0 Å². The maximum atomic E-state index is 12.5. The molecule has 384 valence electrons. The van der Waals surface area contributed by atoms with Crippen molar-refractivity contribution in [2.24, 2.45) is 0 Å². The second-order valence-electron chi connectivity index (χ2n) is 20.0. The fraction of sp³-hybridized carbons (Fsp3) is 0.898. The van der Waals surface area contributed by atoms with Gasteiger partial charge < -0.3 is 20.3 Å². The first-order chi connectivity index (χ1) is 32.0. The molecule has 0 aliphatic rings. The van der Waals surface area contributed by atoms with Gasteiger partial charge in [0.2, 0.25) is 5.91 Å². The van der Waals surface area contributed by atoms with E-state index in [1.54, 1.807) is 0 Å². The zero-order valence-electron chi connectivity index (χ0n) is 43.7. The number of aliphatic hydroxyl groups is 2. The van der Waals surface area contributed by atoms with Crippen LogP contribution in [-0.4, -0.2) is 47.4 Å². The quantitative estimate of drug-likeness (QED) is 0.0321. The summed E-state index contributed by atoms with van der Waals surface area (Å²) in [4.78, 5) is 24.5. The predicted octanol–water partition coefficient (Wildman–Crippen LogP) is 17.9. The zero-order valence-corrected chi connectivity index (χ0v) is 43.7. The molecule has 0 saturated heterocycles. The fourth-order valence-corrected chi connectivity index (χ4v) is 9.02. The molecular formula is C59H113NO5. The molecule has 0 aliphatic carbocycles. The Bertz CT molecular complexity index is 1010. The van der Waals surface area contributed by atoms with Crippen molar-refractivity contribution in [3.8, 4) is 0 Å². The second-order valence-corrected chi connectivity index (χ2v) is 20.0. The third-order valence-electron chi connectivity index (χ3n) is 13.5. The number of allylic oxidation sites excluding steroid dienone is 4. The van der Waals surface area contributed by atoms with Gasteiger partial charge in [-0.25, -0.2) is 0 Å². The highest BCUT2D eigenvalue weighted by molar-refractivity contribution is 5.76. The van der Waals surface area contributed by atoms with E-state index < -0.39 is 12.1 Å². The van der Waals surface area contributed by atoms with E-state index in [0.717, 1.165) is 57.8 Å². The normalized spacial score (nSPS) is 12.7. The van der Waals surface area contributed by atoms with Crippen LogP contribution in [0.1, 0.15) is 316 Å². The SMILES string of the molecule is CCCCC/C=C\C/C=C\CCCCCCCC(=O)OCCCCCCCCCCCCCCCCCCC(=O)NC(CO)C(O)CCCCCCCCCCCCCCCCCCC. The molecule has 6 nitrogen and oxygen atoms in total. The zero-order chi connectivity index (χ0) is 47.2. The standard InChI is InChI=1S/C59H113NO5/c1-3-5-7-9-11-13-15-17-19-20-24-27-31-35-39-43-47-51-57(62)56(55-61)60-58(63)52-48-44-40-36-32-28-25-21-22-26-30-34-38-42-46-50-54-65-59(64)53-49-45-41-37-33-29-23-18-16-14-12-10-8-6-4-2/h12,14,18,23,56-57,61-62H,3-11,13,15-17,19-22,24-55H2,1-2H3,(H,60,63)/b14-12-,23-18-. The van der Waals surface area contributed by atoms with Crippen LogP contribution in [0.2, 0.25) is 0 Å². The Morgan fingerprint density at radius 3 is 1.20 bits per heavy atom. The number of unbranched alkanes of at least 4 members (excludes halogenated alkanes) is 39. The first kappa shape index (κ1) is 63.3. The second kappa shape index (κ2) is 54.9. The van der Waals surface area contributed by atoms with Crippen molar-refractivity contribution in [2.75, 3.05) is 13.2 Å². The summed E-state index contributed by atoms with van der Waals surface area (Å²) in [6, 6.07) is -0.547. The summed E-state index contributed by atoms with van der Waals surface area (Å²) in [5.74, 6) is -0.0506. The van der Waals surface area contributed by atoms with Crippen molar-refractivity contribution in [1.29, 1.82) is 0 Å². The predicted molar refractivity (Wildman–Crippen MR) is 283 cm³/mol. The largest absolute Gasteiger partial charge is 0.466 e. The number of esters is 1. The van der Waals surface area contributed by atoms with E-state index in [1.807, 2.05) is 0 Å². The Labute approximate surface area is 405 Å². The molecule has 6 heteroatoms. The molecule has 0 heterocycles. The van der Waals surface area contributed by atoms with Gasteiger partial charge in [0.1, 0.15) is 0 Å². The number of aliphatic hydroxyl groups excluding tert-OH is 2. The molecule has 2 atom stereocenters. The minimum Gasteiger partial charge on any atom is -0.466 e. The van der Waals surface area contributed by atoms with E-state index in [1.165, 1.54) is 225 Å². The summed E-state index contributed by atoms with van der Waals surface area (Å²) in [7, 11) is 0. The average molecular weight is 917 g/mol. The number of carbonyl (C=O) groups is 2. The lowest BCUT2D eigenvalue weighted by Crippen LogP contribution is -2.45. The Balaban J connectivity index is 3.43. The van der Waals surface area contributed by atoms with Crippen LogP contribution in [0.5, 0.6) is 0 Å². The fourth-order valence-electron chi connectivity index (χ4n) is 9.02. The lowest BCUT2D eigenvalue weighted by atomic mass is 10.0. The smallest absolute Gasteiger partial charge is 0.305 e. The first-order valence-electron chi connectivity index (χ1n) is 29.1. The molecular weight excluding hydrogens is 803 g/mol. The van der Waals surface area contributed by atoms with E-state index in [4.69, 9.17) is 4.74 Å². The number of carbonyl (C=O) groups excluding carboxylic acids is 2. The Hall–Kier alpha value is -1.66. The summed E-state index contributed by atoms with van der Waals surface area (Å²) in [5, 5.41) is 23.3. The van der Waals surface area contributed by atoms with Crippen LogP contribution >= 0.6 is 0 Å². The average Bonchev–Trinajstić information content (AvgIpc) is 3.31. The maximum Gasteiger partial charge on any atom is 0.305 e. The number of rotatable bonds is 54. The summed E-state index contributed by atoms with van der Waals surface area (Å²) in [6.45, 7) is 4.92. The van der Waals surface area contributed by atoms with E-state index in [9.17, 15) is 19.8 Å². The third kappa shape index (κ3) is 51.6. The van der Waals surface area contributed by atoms with Crippen molar-refractivity contribution < 1.29 is 24.5 Å². The molecule has 2 unspecified atom stereocenters. The van der Waals surface area contributed by atoms with Gasteiger partial charge in [0.25, 0.3) is 0 Å². The van der Waals surface area contributed by atoms with Crippen molar-refractivity contribution >= 4 is 11.9 Å². The van der Waals surface area contributed by atoms with Gasteiger partial charge in [-0.15, -0.1) is 0 Å². The van der Waals surface area contributed by atoms with Crippen LogP contribution in [0, 0.1) is 0 Å². The minimum absolute atomic E-state index is 0.0104. The molecule has 0 fully saturated rings. The molecule has 1 amide bonds. The Morgan fingerprint density at radius 1 is 0.431 bits per heavy atom. The van der Waals surface area contributed by atoms with Gasteiger partial charge in [-0.2, -0.15) is 0 Å². The monoisotopic (exact) mass is 916 g/mol. The van der Waals surface area contributed by atoms with E-state index >= 15 is 0 Å². The molecule has 0 spiro atoms. The van der Waals surface area contributed by atoms with Gasteiger partial charge in [0.05, 0.1) is 25.4 Å². The molecule has 0 aromatic heterocycles. The van der Waals surface area contributed by atoms with Gasteiger partial charge in [0, 0.05) is 12.8 Å². The van der Waals surface area contributed by atoms with Crippen LogP contribution in [0.4, 0.5) is 0 Å². The van der Waals surface area contributed by atoms with Crippen LogP contribution in [-0.2, 0) is 14.3 Å². The van der Waals surface area contributed by atoms with Crippen molar-refractivity contribution in [1.82, 2.24) is 5.32 Å². The summed E-state index contributed by atoms with van der Waals surface area (Å²) >= 11 is 0. The third-order valence-corrected chi connectivity index (χ3v) is 13.5. The molecule has 0 saturated carbocycles. The van der Waals surface area contributed by atoms with Gasteiger partial charge in [-0.1, -0.05) is 269 Å². The lowest BCUT2D eigenvalue weighted by Gasteiger charge is -2.22. The highest BCUT2D eigenvalue weighted by Gasteiger charge is 2.20. The highest BCUT2D eigenvalue weighted by Crippen LogP contribution is 2.17. The molecule has 3 N–H and O–H groups in total. The topological polar surface area (TPSA) is 95.9 Å². The van der Waals surface area contributed by atoms with E-state index in [-0.39, 0.29) is 18.5 Å². The summed E-state index contributed by atoms with van der Waals surface area (Å²) in [5.41, 5.74) is 0.